The summed E-state index contributed by atoms with van der Waals surface area (Å²) in [6.45, 7) is 1.98. The van der Waals surface area contributed by atoms with Gasteiger partial charge in [-0.1, -0.05) is 30.3 Å². The first-order valence-electron chi connectivity index (χ1n) is 5.17. The molecule has 0 fully saturated rings. The minimum atomic E-state index is -0.230. The minimum Gasteiger partial charge on any atom is -0.392 e. The van der Waals surface area contributed by atoms with Crippen LogP contribution in [0, 0.1) is 12.7 Å². The van der Waals surface area contributed by atoms with Crippen molar-refractivity contribution in [3.8, 4) is 11.1 Å². The Kier molecular flexibility index (Phi) is 3.02. The van der Waals surface area contributed by atoms with E-state index in [1.165, 1.54) is 12.1 Å². The van der Waals surface area contributed by atoms with E-state index in [9.17, 15) is 4.39 Å². The summed E-state index contributed by atoms with van der Waals surface area (Å²) in [6.07, 6.45) is 0. The highest BCUT2D eigenvalue weighted by molar-refractivity contribution is 5.67. The van der Waals surface area contributed by atoms with Crippen LogP contribution in [0.3, 0.4) is 0 Å². The summed E-state index contributed by atoms with van der Waals surface area (Å²) >= 11 is 0. The van der Waals surface area contributed by atoms with Crippen LogP contribution in [-0.4, -0.2) is 5.11 Å². The average molecular weight is 216 g/mol. The maximum atomic E-state index is 13.1. The second kappa shape index (κ2) is 4.45. The molecule has 0 radical (unpaired) electrons. The van der Waals surface area contributed by atoms with Crippen LogP contribution in [0.5, 0.6) is 0 Å². The first-order valence-corrected chi connectivity index (χ1v) is 5.17. The highest BCUT2D eigenvalue weighted by Crippen LogP contribution is 2.24. The van der Waals surface area contributed by atoms with Crippen molar-refractivity contribution in [1.82, 2.24) is 0 Å². The van der Waals surface area contributed by atoms with Gasteiger partial charge in [0.2, 0.25) is 0 Å². The largest absolute Gasteiger partial charge is 0.392 e. The molecule has 82 valence electrons. The van der Waals surface area contributed by atoms with Gasteiger partial charge in [-0.3, -0.25) is 0 Å². The van der Waals surface area contributed by atoms with E-state index in [4.69, 9.17) is 5.11 Å². The van der Waals surface area contributed by atoms with Crippen molar-refractivity contribution >= 4 is 0 Å². The van der Waals surface area contributed by atoms with E-state index in [1.54, 1.807) is 6.07 Å². The van der Waals surface area contributed by atoms with Crippen molar-refractivity contribution in [1.29, 1.82) is 0 Å². The topological polar surface area (TPSA) is 20.2 Å². The van der Waals surface area contributed by atoms with Crippen molar-refractivity contribution < 1.29 is 9.50 Å². The van der Waals surface area contributed by atoms with Crippen molar-refractivity contribution in [2.45, 2.75) is 13.5 Å². The molecule has 2 heteroatoms. The number of rotatable bonds is 2. The summed E-state index contributed by atoms with van der Waals surface area (Å²) in [4.78, 5) is 0. The molecule has 16 heavy (non-hydrogen) atoms. The fourth-order valence-corrected chi connectivity index (χ4v) is 1.69. The van der Waals surface area contributed by atoms with Gasteiger partial charge in [-0.2, -0.15) is 0 Å². The SMILES string of the molecule is Cc1ccc(F)cc1-c1ccc(CO)cc1. The van der Waals surface area contributed by atoms with E-state index in [2.05, 4.69) is 0 Å². The zero-order valence-electron chi connectivity index (χ0n) is 9.07. The van der Waals surface area contributed by atoms with E-state index in [1.807, 2.05) is 31.2 Å². The molecular formula is C14H13FO. The maximum Gasteiger partial charge on any atom is 0.123 e. The van der Waals surface area contributed by atoms with Crippen LogP contribution in [0.25, 0.3) is 11.1 Å². The standard InChI is InChI=1S/C14H13FO/c1-10-2-7-13(15)8-14(10)12-5-3-11(9-16)4-6-12/h2-8,16H,9H2,1H3. The van der Waals surface area contributed by atoms with Crippen LogP contribution in [0.4, 0.5) is 4.39 Å². The van der Waals surface area contributed by atoms with Gasteiger partial charge in [0.25, 0.3) is 0 Å². The number of hydrogen-bond donors (Lipinski definition) is 1. The van der Waals surface area contributed by atoms with Crippen molar-refractivity contribution in [2.75, 3.05) is 0 Å². The number of halogens is 1. The first-order chi connectivity index (χ1) is 7.70. The Morgan fingerprint density at radius 2 is 1.75 bits per heavy atom. The Balaban J connectivity index is 2.45. The van der Waals surface area contributed by atoms with Gasteiger partial charge in [0.1, 0.15) is 5.82 Å². The summed E-state index contributed by atoms with van der Waals surface area (Å²) in [7, 11) is 0. The summed E-state index contributed by atoms with van der Waals surface area (Å²) < 4.78 is 13.1. The van der Waals surface area contributed by atoms with E-state index in [-0.39, 0.29) is 12.4 Å². The van der Waals surface area contributed by atoms with Gasteiger partial charge >= 0.3 is 0 Å². The lowest BCUT2D eigenvalue weighted by atomic mass is 9.99. The average Bonchev–Trinajstić information content (AvgIpc) is 2.32. The molecule has 0 amide bonds. The molecule has 0 aliphatic carbocycles. The summed E-state index contributed by atoms with van der Waals surface area (Å²) in [5, 5.41) is 8.94. The molecule has 0 unspecified atom stereocenters. The lowest BCUT2D eigenvalue weighted by Crippen LogP contribution is -1.87. The normalized spacial score (nSPS) is 10.4. The molecule has 0 spiro atoms. The lowest BCUT2D eigenvalue weighted by Gasteiger charge is -2.06. The van der Waals surface area contributed by atoms with Crippen molar-refractivity contribution in [2.24, 2.45) is 0 Å². The lowest BCUT2D eigenvalue weighted by molar-refractivity contribution is 0.282. The number of aliphatic hydroxyl groups is 1. The molecular weight excluding hydrogens is 203 g/mol. The number of benzene rings is 2. The fraction of sp³-hybridized carbons (Fsp3) is 0.143. The van der Waals surface area contributed by atoms with Gasteiger partial charge in [-0.05, 0) is 41.3 Å². The Hall–Kier alpha value is -1.67. The molecule has 0 aromatic heterocycles. The summed E-state index contributed by atoms with van der Waals surface area (Å²) in [5.74, 6) is -0.230. The van der Waals surface area contributed by atoms with Crippen LogP contribution in [-0.2, 0) is 6.61 Å². The minimum absolute atomic E-state index is 0.0302. The zero-order valence-corrected chi connectivity index (χ0v) is 9.07. The predicted octanol–water partition coefficient (Wildman–Crippen LogP) is 3.29. The number of hydrogen-bond acceptors (Lipinski definition) is 1. The molecule has 0 saturated heterocycles. The molecule has 0 bridgehead atoms. The highest BCUT2D eigenvalue weighted by Gasteiger charge is 2.03. The Labute approximate surface area is 94.2 Å². The third kappa shape index (κ3) is 2.12. The van der Waals surface area contributed by atoms with Gasteiger partial charge in [-0.15, -0.1) is 0 Å². The van der Waals surface area contributed by atoms with Crippen LogP contribution in [0.15, 0.2) is 42.5 Å². The van der Waals surface area contributed by atoms with E-state index in [0.29, 0.717) is 0 Å². The fourth-order valence-electron chi connectivity index (χ4n) is 1.69. The zero-order chi connectivity index (χ0) is 11.5. The Bertz CT molecular complexity index is 489. The smallest absolute Gasteiger partial charge is 0.123 e. The Morgan fingerprint density at radius 1 is 1.06 bits per heavy atom. The predicted molar refractivity (Wildman–Crippen MR) is 62.5 cm³/mol. The monoisotopic (exact) mass is 216 g/mol. The van der Waals surface area contributed by atoms with Crippen LogP contribution < -0.4 is 0 Å². The van der Waals surface area contributed by atoms with Crippen molar-refractivity contribution in [3.05, 3.63) is 59.4 Å². The molecule has 1 nitrogen and oxygen atoms in total. The van der Waals surface area contributed by atoms with Crippen molar-refractivity contribution in [3.63, 3.8) is 0 Å². The van der Waals surface area contributed by atoms with Crippen LogP contribution in [0.2, 0.25) is 0 Å². The van der Waals surface area contributed by atoms with Gasteiger partial charge in [0, 0.05) is 0 Å². The molecule has 2 rings (SSSR count). The molecule has 0 aliphatic rings. The van der Waals surface area contributed by atoms with E-state index >= 15 is 0 Å². The molecule has 2 aromatic rings. The maximum absolute atomic E-state index is 13.1. The summed E-state index contributed by atoms with van der Waals surface area (Å²) in [6, 6.07) is 12.2. The molecule has 0 aliphatic heterocycles. The highest BCUT2D eigenvalue weighted by atomic mass is 19.1. The van der Waals surface area contributed by atoms with Gasteiger partial charge in [0.05, 0.1) is 6.61 Å². The van der Waals surface area contributed by atoms with Gasteiger partial charge in [-0.25, -0.2) is 4.39 Å². The second-order valence-electron chi connectivity index (χ2n) is 3.81. The first kappa shape index (κ1) is 10.8. The Morgan fingerprint density at radius 3 is 2.38 bits per heavy atom. The quantitative estimate of drug-likeness (QED) is 0.816. The van der Waals surface area contributed by atoms with Crippen LogP contribution in [0.1, 0.15) is 11.1 Å². The third-order valence-electron chi connectivity index (χ3n) is 2.65. The number of aryl methyl sites for hydroxylation is 1. The van der Waals surface area contributed by atoms with E-state index in [0.717, 1.165) is 22.3 Å². The van der Waals surface area contributed by atoms with Crippen LogP contribution >= 0.6 is 0 Å². The molecule has 1 N–H and O–H groups in total. The molecule has 0 atom stereocenters. The van der Waals surface area contributed by atoms with Gasteiger partial charge < -0.3 is 5.11 Å². The molecule has 0 saturated carbocycles. The molecule has 2 aromatic carbocycles. The van der Waals surface area contributed by atoms with E-state index < -0.39 is 0 Å². The third-order valence-corrected chi connectivity index (χ3v) is 2.65. The van der Waals surface area contributed by atoms with Gasteiger partial charge in [0.15, 0.2) is 0 Å². The second-order valence-corrected chi connectivity index (χ2v) is 3.81. The molecule has 0 heterocycles. The summed E-state index contributed by atoms with van der Waals surface area (Å²) in [5.41, 5.74) is 3.76. The number of aliphatic hydroxyl groups excluding tert-OH is 1.